The van der Waals surface area contributed by atoms with E-state index >= 15 is 0 Å². The van der Waals surface area contributed by atoms with E-state index < -0.39 is 22.8 Å². The van der Waals surface area contributed by atoms with Gasteiger partial charge in [0.2, 0.25) is 0 Å². The van der Waals surface area contributed by atoms with Gasteiger partial charge in [-0.15, -0.1) is 0 Å². The molecule has 0 fully saturated rings. The molecule has 0 spiro atoms. The number of carboxylic acid groups (broad SMARTS) is 2. The molecule has 0 saturated heterocycles. The van der Waals surface area contributed by atoms with Crippen molar-refractivity contribution < 1.29 is 19.8 Å². The minimum Gasteiger partial charge on any atom is -0.480 e. The first-order chi connectivity index (χ1) is 8.51. The smallest absolute Gasteiger partial charge is 0.321 e. The van der Waals surface area contributed by atoms with Crippen LogP contribution in [0.15, 0.2) is 48.6 Å². The van der Waals surface area contributed by atoms with Crippen LogP contribution in [0.4, 0.5) is 0 Å². The van der Waals surface area contributed by atoms with Crippen LogP contribution in [0.25, 0.3) is 0 Å². The monoisotopic (exact) mass is 242 g/mol. The average Bonchev–Trinajstić information content (AvgIpc) is 2.34. The van der Waals surface area contributed by atoms with Gasteiger partial charge in [0, 0.05) is 0 Å². The summed E-state index contributed by atoms with van der Waals surface area (Å²) < 4.78 is 0. The van der Waals surface area contributed by atoms with Gasteiger partial charge in [0.15, 0.2) is 0 Å². The Morgan fingerprint density at radius 3 is 1.22 bits per heavy atom. The zero-order chi connectivity index (χ0) is 13.0. The molecule has 4 nitrogen and oxygen atoms in total. The van der Waals surface area contributed by atoms with E-state index in [4.69, 9.17) is 0 Å². The summed E-state index contributed by atoms with van der Waals surface area (Å²) in [5.74, 6) is -2.02. The van der Waals surface area contributed by atoms with Gasteiger partial charge in [-0.2, -0.15) is 0 Å². The summed E-state index contributed by atoms with van der Waals surface area (Å²) in [5, 5.41) is 18.9. The lowest BCUT2D eigenvalue weighted by atomic mass is 9.66. The fourth-order valence-electron chi connectivity index (χ4n) is 2.58. The van der Waals surface area contributed by atoms with E-state index in [2.05, 4.69) is 0 Å². The maximum atomic E-state index is 11.5. The van der Waals surface area contributed by atoms with Crippen molar-refractivity contribution in [3.8, 4) is 0 Å². The van der Waals surface area contributed by atoms with Crippen LogP contribution in [0.5, 0.6) is 0 Å². The normalized spacial score (nSPS) is 31.1. The second-order valence-electron chi connectivity index (χ2n) is 4.59. The first-order valence-corrected chi connectivity index (χ1v) is 5.50. The average molecular weight is 242 g/mol. The van der Waals surface area contributed by atoms with Crippen LogP contribution in [-0.2, 0) is 20.4 Å². The van der Waals surface area contributed by atoms with Crippen LogP contribution in [-0.4, -0.2) is 22.2 Å². The first kappa shape index (κ1) is 10.8. The second-order valence-corrected chi connectivity index (χ2v) is 4.59. The maximum Gasteiger partial charge on any atom is 0.321 e. The Morgan fingerprint density at radius 1 is 0.722 bits per heavy atom. The molecule has 4 heteroatoms. The Balaban J connectivity index is 2.37. The molecule has 0 unspecified atom stereocenters. The predicted molar refractivity (Wildman–Crippen MR) is 63.3 cm³/mol. The predicted octanol–water partition coefficient (Wildman–Crippen LogP) is 1.47. The van der Waals surface area contributed by atoms with Crippen LogP contribution in [0.3, 0.4) is 0 Å². The Morgan fingerprint density at radius 2 is 1.00 bits per heavy atom. The van der Waals surface area contributed by atoms with Gasteiger partial charge in [-0.3, -0.25) is 9.59 Å². The molecular weight excluding hydrogens is 232 g/mol. The Bertz CT molecular complexity index is 540. The van der Waals surface area contributed by atoms with Crippen molar-refractivity contribution in [1.29, 1.82) is 0 Å². The van der Waals surface area contributed by atoms with Gasteiger partial charge in [0.25, 0.3) is 0 Å². The van der Waals surface area contributed by atoms with Crippen molar-refractivity contribution in [2.75, 3.05) is 0 Å². The van der Waals surface area contributed by atoms with Gasteiger partial charge >= 0.3 is 11.9 Å². The van der Waals surface area contributed by atoms with Crippen molar-refractivity contribution in [1.82, 2.24) is 0 Å². The minimum absolute atomic E-state index is 0.630. The van der Waals surface area contributed by atoms with Crippen LogP contribution < -0.4 is 0 Å². The van der Waals surface area contributed by atoms with Crippen molar-refractivity contribution >= 4 is 11.9 Å². The summed E-state index contributed by atoms with van der Waals surface area (Å²) >= 11 is 0. The quantitative estimate of drug-likeness (QED) is 0.770. The molecule has 0 amide bonds. The van der Waals surface area contributed by atoms with Crippen molar-refractivity contribution in [2.45, 2.75) is 10.8 Å². The maximum absolute atomic E-state index is 11.5. The van der Waals surface area contributed by atoms with E-state index in [-0.39, 0.29) is 0 Å². The van der Waals surface area contributed by atoms with E-state index in [0.29, 0.717) is 11.1 Å². The molecule has 0 radical (unpaired) electrons. The Labute approximate surface area is 103 Å². The summed E-state index contributed by atoms with van der Waals surface area (Å²) in [4.78, 5) is 23.0. The highest BCUT2D eigenvalue weighted by Crippen LogP contribution is 2.42. The zero-order valence-corrected chi connectivity index (χ0v) is 9.33. The second kappa shape index (κ2) is 3.10. The summed E-state index contributed by atoms with van der Waals surface area (Å²) in [7, 11) is 0. The number of hydrogen-bond acceptors (Lipinski definition) is 2. The fraction of sp³-hybridized carbons (Fsp3) is 0.143. The lowest BCUT2D eigenvalue weighted by molar-refractivity contribution is -0.142. The van der Waals surface area contributed by atoms with Crippen molar-refractivity contribution in [2.24, 2.45) is 0 Å². The molecular formula is C14H10O4. The highest BCUT2D eigenvalue weighted by atomic mass is 16.4. The largest absolute Gasteiger partial charge is 0.480 e. The molecule has 18 heavy (non-hydrogen) atoms. The van der Waals surface area contributed by atoms with E-state index in [1.54, 1.807) is 24.3 Å². The molecule has 4 bridgehead atoms. The van der Waals surface area contributed by atoms with Gasteiger partial charge in [-0.05, 0) is 11.1 Å². The molecule has 2 N–H and O–H groups in total. The molecule has 0 aromatic heterocycles. The van der Waals surface area contributed by atoms with Crippen molar-refractivity contribution in [3.63, 3.8) is 0 Å². The highest BCUT2D eigenvalue weighted by Gasteiger charge is 2.46. The van der Waals surface area contributed by atoms with E-state index in [1.165, 1.54) is 24.3 Å². The SMILES string of the molecule is O=C(O)C12C=CC(C(=O)O)(C=C1)c1ccc2cc1. The van der Waals surface area contributed by atoms with Crippen LogP contribution >= 0.6 is 0 Å². The molecule has 0 atom stereocenters. The summed E-state index contributed by atoms with van der Waals surface area (Å²) in [5.41, 5.74) is -1.25. The van der Waals surface area contributed by atoms with Crippen molar-refractivity contribution in [3.05, 3.63) is 59.7 Å². The summed E-state index contributed by atoms with van der Waals surface area (Å²) in [6.07, 6.45) is 5.86. The molecule has 5 aliphatic rings. The Hall–Kier alpha value is -2.36. The lowest BCUT2D eigenvalue weighted by Gasteiger charge is -2.35. The summed E-state index contributed by atoms with van der Waals surface area (Å²) in [6, 6.07) is 6.70. The Kier molecular flexibility index (Phi) is 1.86. The number of hydrogen-bond donors (Lipinski definition) is 2. The van der Waals surface area contributed by atoms with Gasteiger partial charge < -0.3 is 10.2 Å². The number of rotatable bonds is 2. The third kappa shape index (κ3) is 1.05. The van der Waals surface area contributed by atoms with E-state index in [1.807, 2.05) is 0 Å². The molecule has 1 aromatic rings. The van der Waals surface area contributed by atoms with Crippen LogP contribution in [0.2, 0.25) is 0 Å². The molecule has 6 rings (SSSR count). The molecule has 1 aromatic carbocycles. The van der Waals surface area contributed by atoms with Gasteiger partial charge in [-0.25, -0.2) is 0 Å². The van der Waals surface area contributed by atoms with Gasteiger partial charge in [0.1, 0.15) is 10.8 Å². The molecule has 5 aliphatic carbocycles. The molecule has 0 aliphatic heterocycles. The van der Waals surface area contributed by atoms with Gasteiger partial charge in [-0.1, -0.05) is 48.6 Å². The standard InChI is InChI=1S/C14H10O4/c15-11(16)13-5-7-14(8-6-13,12(17)18)10-2-1-9(13)3-4-10/h1-8H,(H,15,16)(H,17,18). The number of benzene rings is 1. The number of carbonyl (C=O) groups is 2. The number of carboxylic acids is 2. The molecule has 90 valence electrons. The molecule has 0 saturated carbocycles. The van der Waals surface area contributed by atoms with Crippen LogP contribution in [0.1, 0.15) is 11.1 Å². The van der Waals surface area contributed by atoms with E-state index in [0.717, 1.165) is 0 Å². The van der Waals surface area contributed by atoms with Gasteiger partial charge in [0.05, 0.1) is 0 Å². The fourth-order valence-corrected chi connectivity index (χ4v) is 2.58. The third-order valence-electron chi connectivity index (χ3n) is 3.77. The lowest BCUT2D eigenvalue weighted by Crippen LogP contribution is -2.42. The van der Waals surface area contributed by atoms with Crippen LogP contribution in [0, 0.1) is 0 Å². The minimum atomic E-state index is -1.25. The van der Waals surface area contributed by atoms with E-state index in [9.17, 15) is 19.8 Å². The molecule has 0 heterocycles. The summed E-state index contributed by atoms with van der Waals surface area (Å²) in [6.45, 7) is 0. The topological polar surface area (TPSA) is 74.6 Å². The zero-order valence-electron chi connectivity index (χ0n) is 9.33. The first-order valence-electron chi connectivity index (χ1n) is 5.50. The highest BCUT2D eigenvalue weighted by molar-refractivity contribution is 5.93. The third-order valence-corrected chi connectivity index (χ3v) is 3.77. The number of aliphatic carboxylic acids is 2.